The first kappa shape index (κ1) is 12.4. The highest BCUT2D eigenvalue weighted by atomic mass is 31.1. The van der Waals surface area contributed by atoms with Crippen molar-refractivity contribution < 1.29 is 4.74 Å². The Morgan fingerprint density at radius 1 is 0.933 bits per heavy atom. The van der Waals surface area contributed by atoms with Gasteiger partial charge in [-0.25, -0.2) is 0 Å². The van der Waals surface area contributed by atoms with Gasteiger partial charge in [-0.05, 0) is 52.5 Å². The van der Waals surface area contributed by atoms with E-state index in [-0.39, 0.29) is 8.22 Å². The van der Waals surface area contributed by atoms with Gasteiger partial charge in [0.2, 0.25) is 0 Å². The van der Waals surface area contributed by atoms with Gasteiger partial charge in [0.1, 0.15) is 5.75 Å². The number of ether oxygens (including phenoxy) is 1. The molecule has 0 fully saturated rings. The molecule has 0 heterocycles. The summed E-state index contributed by atoms with van der Waals surface area (Å²) in [5.74, 6) is 0.909. The SMILES string of the molecule is COc1ccc(P(N(C)C)N(C)C)cc1. The first-order valence-electron chi connectivity index (χ1n) is 4.85. The van der Waals surface area contributed by atoms with Crippen molar-refractivity contribution in [2.24, 2.45) is 0 Å². The van der Waals surface area contributed by atoms with Gasteiger partial charge in [-0.1, -0.05) is 0 Å². The molecule has 0 saturated heterocycles. The lowest BCUT2D eigenvalue weighted by molar-refractivity contribution is 0.415. The molecule has 0 N–H and O–H groups in total. The number of hydrogen-bond acceptors (Lipinski definition) is 3. The summed E-state index contributed by atoms with van der Waals surface area (Å²) in [6.45, 7) is 0. The molecule has 0 aromatic heterocycles. The zero-order valence-corrected chi connectivity index (χ0v) is 11.0. The summed E-state index contributed by atoms with van der Waals surface area (Å²) < 4.78 is 9.64. The summed E-state index contributed by atoms with van der Waals surface area (Å²) in [5.41, 5.74) is 0. The van der Waals surface area contributed by atoms with Crippen LogP contribution in [0.1, 0.15) is 0 Å². The maximum absolute atomic E-state index is 5.15. The third-order valence-corrected chi connectivity index (χ3v) is 4.34. The Kier molecular flexibility index (Phi) is 4.52. The van der Waals surface area contributed by atoms with Crippen molar-refractivity contribution in [1.82, 2.24) is 9.34 Å². The van der Waals surface area contributed by atoms with Crippen molar-refractivity contribution in [2.75, 3.05) is 35.3 Å². The molecule has 0 radical (unpaired) electrons. The van der Waals surface area contributed by atoms with Crippen LogP contribution in [0.3, 0.4) is 0 Å². The van der Waals surface area contributed by atoms with E-state index in [1.54, 1.807) is 7.11 Å². The van der Waals surface area contributed by atoms with Crippen LogP contribution in [0.5, 0.6) is 5.75 Å². The maximum Gasteiger partial charge on any atom is 0.118 e. The van der Waals surface area contributed by atoms with Crippen molar-refractivity contribution in [3.8, 4) is 5.75 Å². The van der Waals surface area contributed by atoms with E-state index >= 15 is 0 Å². The summed E-state index contributed by atoms with van der Waals surface area (Å²) in [5, 5.41) is 1.33. The van der Waals surface area contributed by atoms with E-state index in [4.69, 9.17) is 4.74 Å². The van der Waals surface area contributed by atoms with Crippen LogP contribution in [0.25, 0.3) is 0 Å². The largest absolute Gasteiger partial charge is 0.497 e. The normalized spacial score (nSPS) is 11.5. The third-order valence-electron chi connectivity index (χ3n) is 2.06. The van der Waals surface area contributed by atoms with Crippen LogP contribution in [0, 0.1) is 0 Å². The topological polar surface area (TPSA) is 15.7 Å². The lowest BCUT2D eigenvalue weighted by Crippen LogP contribution is -2.24. The van der Waals surface area contributed by atoms with Gasteiger partial charge in [0.25, 0.3) is 0 Å². The Morgan fingerprint density at radius 3 is 1.73 bits per heavy atom. The van der Waals surface area contributed by atoms with E-state index in [9.17, 15) is 0 Å². The van der Waals surface area contributed by atoms with Gasteiger partial charge in [-0.2, -0.15) is 0 Å². The monoisotopic (exact) mass is 226 g/mol. The second kappa shape index (κ2) is 5.45. The predicted octanol–water partition coefficient (Wildman–Crippen LogP) is 1.76. The fraction of sp³-hybridized carbons (Fsp3) is 0.455. The fourth-order valence-electron chi connectivity index (χ4n) is 1.54. The van der Waals surface area contributed by atoms with Gasteiger partial charge in [0.15, 0.2) is 0 Å². The molecule has 15 heavy (non-hydrogen) atoms. The zero-order chi connectivity index (χ0) is 11.4. The molecular weight excluding hydrogens is 207 g/mol. The minimum Gasteiger partial charge on any atom is -0.497 e. The Morgan fingerprint density at radius 2 is 1.40 bits per heavy atom. The fourth-order valence-corrected chi connectivity index (χ4v) is 3.59. The van der Waals surface area contributed by atoms with Gasteiger partial charge < -0.3 is 4.74 Å². The Bertz CT molecular complexity index is 290. The average Bonchev–Trinajstić information content (AvgIpc) is 2.18. The predicted molar refractivity (Wildman–Crippen MR) is 66.9 cm³/mol. The van der Waals surface area contributed by atoms with Gasteiger partial charge in [-0.3, -0.25) is 9.34 Å². The van der Waals surface area contributed by atoms with E-state index in [1.807, 2.05) is 12.1 Å². The summed E-state index contributed by atoms with van der Waals surface area (Å²) >= 11 is 0. The van der Waals surface area contributed by atoms with E-state index in [0.717, 1.165) is 5.75 Å². The molecule has 1 aromatic carbocycles. The highest BCUT2D eigenvalue weighted by Gasteiger charge is 2.16. The summed E-state index contributed by atoms with van der Waals surface area (Å²) in [6.07, 6.45) is 0. The van der Waals surface area contributed by atoms with Crippen LogP contribution in [0.4, 0.5) is 0 Å². The Hall–Kier alpha value is -0.630. The summed E-state index contributed by atoms with van der Waals surface area (Å²) in [7, 11) is 9.74. The first-order valence-corrected chi connectivity index (χ1v) is 6.09. The molecule has 84 valence electrons. The van der Waals surface area contributed by atoms with Crippen LogP contribution in [-0.2, 0) is 0 Å². The van der Waals surface area contributed by atoms with Gasteiger partial charge in [0.05, 0.1) is 15.3 Å². The number of methoxy groups -OCH3 is 1. The molecule has 0 unspecified atom stereocenters. The second-order valence-electron chi connectivity index (χ2n) is 3.68. The number of rotatable bonds is 4. The minimum absolute atomic E-state index is 0.380. The molecule has 4 heteroatoms. The highest BCUT2D eigenvalue weighted by Crippen LogP contribution is 2.38. The first-order chi connectivity index (χ1) is 7.06. The molecular formula is C11H19N2OP. The second-order valence-corrected chi connectivity index (χ2v) is 6.38. The van der Waals surface area contributed by atoms with Gasteiger partial charge in [0, 0.05) is 5.30 Å². The van der Waals surface area contributed by atoms with Crippen molar-refractivity contribution >= 4 is 13.5 Å². The van der Waals surface area contributed by atoms with Gasteiger partial charge >= 0.3 is 0 Å². The number of hydrogen-bond donors (Lipinski definition) is 0. The molecule has 0 amide bonds. The van der Waals surface area contributed by atoms with Crippen molar-refractivity contribution in [3.05, 3.63) is 24.3 Å². The molecule has 0 aliphatic carbocycles. The summed E-state index contributed by atoms with van der Waals surface area (Å²) in [6, 6.07) is 8.28. The molecule has 0 atom stereocenters. The van der Waals surface area contributed by atoms with Crippen molar-refractivity contribution in [3.63, 3.8) is 0 Å². The van der Waals surface area contributed by atoms with Crippen LogP contribution >= 0.6 is 8.22 Å². The average molecular weight is 226 g/mol. The van der Waals surface area contributed by atoms with Crippen LogP contribution in [0.15, 0.2) is 24.3 Å². The van der Waals surface area contributed by atoms with E-state index in [2.05, 4.69) is 49.7 Å². The molecule has 0 aliphatic heterocycles. The van der Waals surface area contributed by atoms with E-state index in [0.29, 0.717) is 0 Å². The zero-order valence-electron chi connectivity index (χ0n) is 10.1. The van der Waals surface area contributed by atoms with Crippen LogP contribution in [-0.4, -0.2) is 44.6 Å². The standard InChI is InChI=1S/C11H19N2OP/c1-12(2)15(13(3)4)11-8-6-10(14-5)7-9-11/h6-9H,1-5H3. The van der Waals surface area contributed by atoms with E-state index in [1.165, 1.54) is 5.30 Å². The Labute approximate surface area is 93.5 Å². The maximum atomic E-state index is 5.15. The third kappa shape index (κ3) is 3.16. The Balaban J connectivity index is 2.92. The summed E-state index contributed by atoms with van der Waals surface area (Å²) in [4.78, 5) is 0. The highest BCUT2D eigenvalue weighted by molar-refractivity contribution is 7.60. The van der Waals surface area contributed by atoms with E-state index < -0.39 is 0 Å². The molecule has 0 spiro atoms. The lowest BCUT2D eigenvalue weighted by Gasteiger charge is -2.30. The quantitative estimate of drug-likeness (QED) is 0.727. The smallest absolute Gasteiger partial charge is 0.118 e. The van der Waals surface area contributed by atoms with Crippen LogP contribution in [0.2, 0.25) is 0 Å². The molecule has 1 rings (SSSR count). The molecule has 0 bridgehead atoms. The minimum atomic E-state index is -0.380. The van der Waals surface area contributed by atoms with Crippen LogP contribution < -0.4 is 10.0 Å². The number of nitrogens with zero attached hydrogens (tertiary/aromatic N) is 2. The molecule has 0 saturated carbocycles. The van der Waals surface area contributed by atoms with Crippen molar-refractivity contribution in [1.29, 1.82) is 0 Å². The molecule has 1 aromatic rings. The lowest BCUT2D eigenvalue weighted by atomic mass is 10.3. The van der Waals surface area contributed by atoms with Gasteiger partial charge in [-0.15, -0.1) is 0 Å². The number of benzene rings is 1. The van der Waals surface area contributed by atoms with Crippen molar-refractivity contribution in [2.45, 2.75) is 0 Å². The molecule has 3 nitrogen and oxygen atoms in total. The molecule has 0 aliphatic rings.